The van der Waals surface area contributed by atoms with Gasteiger partial charge in [-0.15, -0.1) is 0 Å². The Kier molecular flexibility index (Phi) is 8.41. The van der Waals surface area contributed by atoms with E-state index >= 15 is 0 Å². The second kappa shape index (κ2) is 10.9. The van der Waals surface area contributed by atoms with Gasteiger partial charge in [0.1, 0.15) is 0 Å². The number of rotatable bonds is 8. The first-order valence-corrected chi connectivity index (χ1v) is 12.8. The van der Waals surface area contributed by atoms with E-state index in [0.29, 0.717) is 35.4 Å². The molecule has 1 saturated heterocycles. The number of benzene rings is 2. The first kappa shape index (κ1) is 24.8. The van der Waals surface area contributed by atoms with Gasteiger partial charge in [0.25, 0.3) is 0 Å². The lowest BCUT2D eigenvalue weighted by Crippen LogP contribution is -2.47. The van der Waals surface area contributed by atoms with Gasteiger partial charge in [0.05, 0.1) is 41.1 Å². The highest BCUT2D eigenvalue weighted by molar-refractivity contribution is 7.92. The summed E-state index contributed by atoms with van der Waals surface area (Å²) in [6, 6.07) is 12.6. The minimum absolute atomic E-state index is 0.113. The maximum atomic E-state index is 12.4. The molecule has 2 aromatic carbocycles. The Hall–Kier alpha value is -1.84. The van der Waals surface area contributed by atoms with Crippen molar-refractivity contribution >= 4 is 44.8 Å². The van der Waals surface area contributed by atoms with E-state index in [-0.39, 0.29) is 18.4 Å². The molecule has 0 aromatic heterocycles. The molecule has 2 aromatic rings. The van der Waals surface area contributed by atoms with Crippen LogP contribution in [0.3, 0.4) is 0 Å². The second-order valence-corrected chi connectivity index (χ2v) is 10.7. The van der Waals surface area contributed by atoms with E-state index in [1.165, 1.54) is 11.4 Å². The number of carbonyl (C=O) groups excluding carboxylic acids is 1. The molecule has 1 amide bonds. The molecule has 1 aliphatic heterocycles. The molecule has 1 atom stereocenters. The fourth-order valence-electron chi connectivity index (χ4n) is 3.47. The largest absolute Gasteiger partial charge is 0.374 e. The van der Waals surface area contributed by atoms with E-state index in [1.54, 1.807) is 30.3 Å². The Morgan fingerprint density at radius 1 is 1.19 bits per heavy atom. The lowest BCUT2D eigenvalue weighted by Gasteiger charge is -2.33. The van der Waals surface area contributed by atoms with E-state index in [4.69, 9.17) is 27.9 Å². The number of halogens is 2. The number of hydrogen-bond acceptors (Lipinski definition) is 5. The number of amides is 1. The van der Waals surface area contributed by atoms with Gasteiger partial charge in [-0.3, -0.25) is 14.0 Å². The van der Waals surface area contributed by atoms with Crippen molar-refractivity contribution in [2.75, 3.05) is 43.8 Å². The number of nitrogens with zero attached hydrogens (tertiary/aromatic N) is 2. The van der Waals surface area contributed by atoms with Crippen LogP contribution in [-0.2, 0) is 32.5 Å². The number of nitrogens with one attached hydrogen (secondary N) is 1. The Balaban J connectivity index is 1.50. The van der Waals surface area contributed by atoms with Crippen LogP contribution in [0.25, 0.3) is 0 Å². The molecule has 7 nitrogen and oxygen atoms in total. The number of hydrogen-bond donors (Lipinski definition) is 1. The monoisotopic (exact) mass is 499 g/mol. The molecule has 32 heavy (non-hydrogen) atoms. The highest BCUT2D eigenvalue weighted by Gasteiger charge is 2.21. The number of carbonyl (C=O) groups is 1. The topological polar surface area (TPSA) is 79.0 Å². The highest BCUT2D eigenvalue weighted by atomic mass is 35.5. The standard InChI is InChI=1S/C22H27Cl2N3O4S/c1-26(32(2,29)30)18-5-3-4-16(10-18)12-22(28)25-13-19-15-27(8-9-31-19)14-17-6-7-20(23)21(24)11-17/h3-7,10-11,19H,8-9,12-15H2,1-2H3,(H,25,28). The zero-order valence-corrected chi connectivity index (χ0v) is 20.4. The van der Waals surface area contributed by atoms with Crippen molar-refractivity contribution in [2.45, 2.75) is 19.1 Å². The van der Waals surface area contributed by atoms with Crippen molar-refractivity contribution in [3.63, 3.8) is 0 Å². The van der Waals surface area contributed by atoms with Gasteiger partial charge in [0.2, 0.25) is 15.9 Å². The molecule has 0 spiro atoms. The fourth-order valence-corrected chi connectivity index (χ4v) is 4.29. The molecule has 0 aliphatic carbocycles. The Labute approximate surface area is 199 Å². The van der Waals surface area contributed by atoms with Crippen LogP contribution in [0.5, 0.6) is 0 Å². The molecule has 0 radical (unpaired) electrons. The Morgan fingerprint density at radius 3 is 2.69 bits per heavy atom. The number of sulfonamides is 1. The van der Waals surface area contributed by atoms with Crippen LogP contribution >= 0.6 is 23.2 Å². The molecule has 0 saturated carbocycles. The van der Waals surface area contributed by atoms with Gasteiger partial charge < -0.3 is 10.1 Å². The van der Waals surface area contributed by atoms with Crippen molar-refractivity contribution in [1.29, 1.82) is 0 Å². The Bertz CT molecular complexity index is 1060. The minimum atomic E-state index is -3.36. The third kappa shape index (κ3) is 7.08. The molecule has 174 valence electrons. The van der Waals surface area contributed by atoms with Gasteiger partial charge in [-0.25, -0.2) is 8.42 Å². The number of morpholine rings is 1. The predicted molar refractivity (Wildman–Crippen MR) is 128 cm³/mol. The van der Waals surface area contributed by atoms with Crippen LogP contribution < -0.4 is 9.62 Å². The molecule has 1 heterocycles. The van der Waals surface area contributed by atoms with Gasteiger partial charge in [0, 0.05) is 33.2 Å². The number of anilines is 1. The van der Waals surface area contributed by atoms with Crippen molar-refractivity contribution in [3.8, 4) is 0 Å². The molecule has 1 aliphatic rings. The zero-order valence-electron chi connectivity index (χ0n) is 18.1. The van der Waals surface area contributed by atoms with E-state index in [0.717, 1.165) is 30.5 Å². The van der Waals surface area contributed by atoms with Gasteiger partial charge >= 0.3 is 0 Å². The van der Waals surface area contributed by atoms with Crippen molar-refractivity contribution in [3.05, 3.63) is 63.6 Å². The summed E-state index contributed by atoms with van der Waals surface area (Å²) in [5.74, 6) is -0.144. The van der Waals surface area contributed by atoms with Crippen LogP contribution in [0, 0.1) is 0 Å². The summed E-state index contributed by atoms with van der Waals surface area (Å²) < 4.78 is 30.5. The summed E-state index contributed by atoms with van der Waals surface area (Å²) >= 11 is 12.1. The first-order valence-electron chi connectivity index (χ1n) is 10.2. The van der Waals surface area contributed by atoms with Crippen molar-refractivity contribution in [1.82, 2.24) is 10.2 Å². The molecule has 3 rings (SSSR count). The smallest absolute Gasteiger partial charge is 0.231 e. The van der Waals surface area contributed by atoms with Gasteiger partial charge in [0.15, 0.2) is 0 Å². The minimum Gasteiger partial charge on any atom is -0.374 e. The predicted octanol–water partition coefficient (Wildman–Crippen LogP) is 2.95. The Morgan fingerprint density at radius 2 is 1.97 bits per heavy atom. The van der Waals surface area contributed by atoms with Crippen molar-refractivity contribution in [2.24, 2.45) is 0 Å². The SMILES string of the molecule is CN(c1cccc(CC(=O)NCC2CN(Cc3ccc(Cl)c(Cl)c3)CCO2)c1)S(C)(=O)=O. The van der Waals surface area contributed by atoms with Gasteiger partial charge in [-0.05, 0) is 35.4 Å². The van der Waals surface area contributed by atoms with E-state index < -0.39 is 10.0 Å². The van der Waals surface area contributed by atoms with Gasteiger partial charge in [-0.2, -0.15) is 0 Å². The van der Waals surface area contributed by atoms with Crippen molar-refractivity contribution < 1.29 is 17.9 Å². The summed E-state index contributed by atoms with van der Waals surface area (Å²) in [7, 11) is -1.88. The lowest BCUT2D eigenvalue weighted by atomic mass is 10.1. The maximum absolute atomic E-state index is 12.4. The first-order chi connectivity index (χ1) is 15.1. The normalized spacial score (nSPS) is 17.2. The number of ether oxygens (including phenoxy) is 1. The van der Waals surface area contributed by atoms with Gasteiger partial charge in [-0.1, -0.05) is 41.4 Å². The third-order valence-electron chi connectivity index (χ3n) is 5.28. The van der Waals surface area contributed by atoms with Crippen LogP contribution in [0.4, 0.5) is 5.69 Å². The summed E-state index contributed by atoms with van der Waals surface area (Å²) in [5, 5.41) is 3.99. The third-order valence-corrected chi connectivity index (χ3v) is 7.22. The molecule has 1 unspecified atom stereocenters. The summed E-state index contributed by atoms with van der Waals surface area (Å²) in [6.07, 6.45) is 1.19. The highest BCUT2D eigenvalue weighted by Crippen LogP contribution is 2.23. The van der Waals surface area contributed by atoms with E-state index in [9.17, 15) is 13.2 Å². The maximum Gasteiger partial charge on any atom is 0.231 e. The average molecular weight is 500 g/mol. The van der Waals surface area contributed by atoms with Crippen LogP contribution in [0.1, 0.15) is 11.1 Å². The molecule has 1 N–H and O–H groups in total. The second-order valence-electron chi connectivity index (χ2n) is 7.86. The lowest BCUT2D eigenvalue weighted by molar-refractivity contribution is -0.121. The van der Waals surface area contributed by atoms with Crippen LogP contribution in [0.15, 0.2) is 42.5 Å². The summed E-state index contributed by atoms with van der Waals surface area (Å²) in [5.41, 5.74) is 2.33. The molecular weight excluding hydrogens is 473 g/mol. The molecular formula is C22H27Cl2N3O4S. The zero-order chi connectivity index (χ0) is 23.3. The average Bonchev–Trinajstić information content (AvgIpc) is 2.74. The van der Waals surface area contributed by atoms with Crippen LogP contribution in [0.2, 0.25) is 10.0 Å². The molecule has 1 fully saturated rings. The van der Waals surface area contributed by atoms with E-state index in [1.807, 2.05) is 12.1 Å². The molecule has 0 bridgehead atoms. The molecule has 10 heteroatoms. The fraction of sp³-hybridized carbons (Fsp3) is 0.409. The van der Waals surface area contributed by atoms with Crippen LogP contribution in [-0.4, -0.2) is 64.9 Å². The summed E-state index contributed by atoms with van der Waals surface area (Å²) in [6.45, 7) is 3.20. The quantitative estimate of drug-likeness (QED) is 0.603. The van der Waals surface area contributed by atoms with E-state index in [2.05, 4.69) is 10.2 Å². The summed E-state index contributed by atoms with van der Waals surface area (Å²) in [4.78, 5) is 14.7.